The Morgan fingerprint density at radius 2 is 2.31 bits per heavy atom. The number of rotatable bonds is 2. The van der Waals surface area contributed by atoms with E-state index in [2.05, 4.69) is 10.1 Å². The van der Waals surface area contributed by atoms with Crippen LogP contribution in [0, 0.1) is 0 Å². The monoisotopic (exact) mass is 175 g/mol. The third-order valence-electron chi connectivity index (χ3n) is 1.81. The van der Waals surface area contributed by atoms with Crippen LogP contribution in [0.3, 0.4) is 0 Å². The number of pyridine rings is 1. The highest BCUT2D eigenvalue weighted by molar-refractivity contribution is 5.36. The molecule has 2 aromatic rings. The second-order valence-corrected chi connectivity index (χ2v) is 2.61. The lowest BCUT2D eigenvalue weighted by Crippen LogP contribution is -2.00. The Labute approximate surface area is 75.5 Å². The van der Waals surface area contributed by atoms with Crippen molar-refractivity contribution in [2.45, 2.75) is 6.61 Å². The molecule has 66 valence electrons. The number of hydrogen-bond donors (Lipinski definition) is 1. The van der Waals surface area contributed by atoms with Crippen molar-refractivity contribution in [3.63, 3.8) is 0 Å². The fraction of sp³-hybridized carbons (Fsp3) is 0.111. The topological polar surface area (TPSA) is 50.9 Å². The van der Waals surface area contributed by atoms with Gasteiger partial charge in [0.1, 0.15) is 0 Å². The molecule has 0 aliphatic rings. The molecule has 0 aliphatic carbocycles. The molecule has 0 saturated carbocycles. The van der Waals surface area contributed by atoms with E-state index in [1.54, 1.807) is 29.3 Å². The summed E-state index contributed by atoms with van der Waals surface area (Å²) in [7, 11) is 0. The Bertz CT molecular complexity index is 384. The highest BCUT2D eigenvalue weighted by Gasteiger charge is 2.02. The summed E-state index contributed by atoms with van der Waals surface area (Å²) < 4.78 is 1.68. The van der Waals surface area contributed by atoms with Crippen molar-refractivity contribution in [1.29, 1.82) is 0 Å². The van der Waals surface area contributed by atoms with Crippen LogP contribution in [0.5, 0.6) is 0 Å². The fourth-order valence-electron chi connectivity index (χ4n) is 1.17. The number of hydrogen-bond acceptors (Lipinski definition) is 3. The number of aliphatic hydroxyl groups excluding tert-OH is 1. The lowest BCUT2D eigenvalue weighted by Gasteiger charge is -2.05. The third kappa shape index (κ3) is 1.43. The van der Waals surface area contributed by atoms with Crippen LogP contribution in [0.25, 0.3) is 5.69 Å². The summed E-state index contributed by atoms with van der Waals surface area (Å²) in [6, 6.07) is 3.60. The maximum atomic E-state index is 9.05. The molecule has 0 amide bonds. The van der Waals surface area contributed by atoms with Crippen LogP contribution in [0.4, 0.5) is 0 Å². The molecule has 0 unspecified atom stereocenters. The Balaban J connectivity index is 2.51. The smallest absolute Gasteiger partial charge is 0.0883 e. The molecule has 13 heavy (non-hydrogen) atoms. The van der Waals surface area contributed by atoms with Gasteiger partial charge in [0.15, 0.2) is 0 Å². The van der Waals surface area contributed by atoms with Crippen molar-refractivity contribution in [3.8, 4) is 5.69 Å². The van der Waals surface area contributed by atoms with E-state index in [0.717, 1.165) is 11.3 Å². The molecule has 0 bridgehead atoms. The van der Waals surface area contributed by atoms with E-state index in [-0.39, 0.29) is 6.61 Å². The maximum Gasteiger partial charge on any atom is 0.0883 e. The van der Waals surface area contributed by atoms with Crippen LogP contribution in [0.2, 0.25) is 0 Å². The first-order valence-electron chi connectivity index (χ1n) is 3.95. The lowest BCUT2D eigenvalue weighted by atomic mass is 10.2. The molecule has 0 saturated heterocycles. The van der Waals surface area contributed by atoms with E-state index in [1.165, 1.54) is 0 Å². The van der Waals surface area contributed by atoms with Crippen molar-refractivity contribution in [2.75, 3.05) is 0 Å². The fourth-order valence-corrected chi connectivity index (χ4v) is 1.17. The minimum atomic E-state index is -0.00227. The van der Waals surface area contributed by atoms with Crippen LogP contribution < -0.4 is 0 Å². The van der Waals surface area contributed by atoms with Gasteiger partial charge in [0, 0.05) is 24.2 Å². The molecule has 0 aromatic carbocycles. The van der Waals surface area contributed by atoms with Crippen molar-refractivity contribution in [3.05, 3.63) is 42.5 Å². The molecule has 1 N–H and O–H groups in total. The summed E-state index contributed by atoms with van der Waals surface area (Å²) in [4.78, 5) is 3.98. The summed E-state index contributed by atoms with van der Waals surface area (Å²) in [6.07, 6.45) is 6.83. The van der Waals surface area contributed by atoms with Crippen LogP contribution in [0.15, 0.2) is 36.9 Å². The normalized spacial score (nSPS) is 10.2. The van der Waals surface area contributed by atoms with Gasteiger partial charge in [-0.2, -0.15) is 5.10 Å². The molecular weight excluding hydrogens is 166 g/mol. The third-order valence-corrected chi connectivity index (χ3v) is 1.81. The highest BCUT2D eigenvalue weighted by Crippen LogP contribution is 2.10. The second kappa shape index (κ2) is 3.37. The van der Waals surface area contributed by atoms with Crippen molar-refractivity contribution < 1.29 is 5.11 Å². The van der Waals surface area contributed by atoms with E-state index in [1.807, 2.05) is 12.3 Å². The van der Waals surface area contributed by atoms with Gasteiger partial charge in [-0.15, -0.1) is 0 Å². The molecule has 0 fully saturated rings. The van der Waals surface area contributed by atoms with Gasteiger partial charge in [0.2, 0.25) is 0 Å². The van der Waals surface area contributed by atoms with E-state index >= 15 is 0 Å². The molecule has 2 rings (SSSR count). The molecule has 4 heteroatoms. The van der Waals surface area contributed by atoms with Gasteiger partial charge >= 0.3 is 0 Å². The Kier molecular flexibility index (Phi) is 2.06. The molecule has 0 atom stereocenters. The van der Waals surface area contributed by atoms with E-state index in [4.69, 9.17) is 5.11 Å². The summed E-state index contributed by atoms with van der Waals surface area (Å²) in [5, 5.41) is 13.1. The second-order valence-electron chi connectivity index (χ2n) is 2.61. The summed E-state index contributed by atoms with van der Waals surface area (Å²) in [5.41, 5.74) is 1.63. The first kappa shape index (κ1) is 7.94. The average Bonchev–Trinajstić information content (AvgIpc) is 2.70. The van der Waals surface area contributed by atoms with Gasteiger partial charge in [-0.05, 0) is 12.1 Å². The minimum absolute atomic E-state index is 0.00227. The average molecular weight is 175 g/mol. The summed E-state index contributed by atoms with van der Waals surface area (Å²) >= 11 is 0. The molecule has 0 radical (unpaired) electrons. The summed E-state index contributed by atoms with van der Waals surface area (Å²) in [5.74, 6) is 0. The van der Waals surface area contributed by atoms with Crippen molar-refractivity contribution in [2.24, 2.45) is 0 Å². The van der Waals surface area contributed by atoms with Gasteiger partial charge in [-0.1, -0.05) is 0 Å². The first-order chi connectivity index (χ1) is 6.42. The zero-order chi connectivity index (χ0) is 9.10. The van der Waals surface area contributed by atoms with Crippen LogP contribution in [0.1, 0.15) is 5.56 Å². The van der Waals surface area contributed by atoms with E-state index in [0.29, 0.717) is 0 Å². The summed E-state index contributed by atoms with van der Waals surface area (Å²) in [6.45, 7) is -0.00227. The van der Waals surface area contributed by atoms with Crippen LogP contribution in [-0.2, 0) is 6.61 Å². The van der Waals surface area contributed by atoms with Crippen LogP contribution >= 0.6 is 0 Å². The minimum Gasteiger partial charge on any atom is -0.392 e. The SMILES string of the molecule is OCc1ccncc1-n1cccn1. The molecule has 2 aromatic heterocycles. The van der Waals surface area contributed by atoms with Gasteiger partial charge in [0.05, 0.1) is 18.5 Å². The molecule has 0 aliphatic heterocycles. The lowest BCUT2D eigenvalue weighted by molar-refractivity contribution is 0.281. The van der Waals surface area contributed by atoms with Gasteiger partial charge in [-0.3, -0.25) is 4.98 Å². The Morgan fingerprint density at radius 3 is 3.00 bits per heavy atom. The quantitative estimate of drug-likeness (QED) is 0.733. The van der Waals surface area contributed by atoms with Crippen molar-refractivity contribution >= 4 is 0 Å². The van der Waals surface area contributed by atoms with Gasteiger partial charge in [-0.25, -0.2) is 4.68 Å². The number of aliphatic hydroxyl groups is 1. The van der Waals surface area contributed by atoms with Crippen LogP contribution in [-0.4, -0.2) is 19.9 Å². The van der Waals surface area contributed by atoms with Crippen molar-refractivity contribution in [1.82, 2.24) is 14.8 Å². The zero-order valence-corrected chi connectivity index (χ0v) is 6.96. The Morgan fingerprint density at radius 1 is 1.38 bits per heavy atom. The predicted octanol–water partition coefficient (Wildman–Crippen LogP) is 0.760. The van der Waals surface area contributed by atoms with E-state index in [9.17, 15) is 0 Å². The zero-order valence-electron chi connectivity index (χ0n) is 6.96. The number of aromatic nitrogens is 3. The molecule has 0 spiro atoms. The van der Waals surface area contributed by atoms with E-state index < -0.39 is 0 Å². The Hall–Kier alpha value is -1.68. The maximum absolute atomic E-state index is 9.05. The highest BCUT2D eigenvalue weighted by atomic mass is 16.3. The predicted molar refractivity (Wildman–Crippen MR) is 47.3 cm³/mol. The number of nitrogens with zero attached hydrogens (tertiary/aromatic N) is 3. The van der Waals surface area contributed by atoms with Gasteiger partial charge in [0.25, 0.3) is 0 Å². The molecular formula is C9H9N3O. The first-order valence-corrected chi connectivity index (χ1v) is 3.95. The molecule has 2 heterocycles. The largest absolute Gasteiger partial charge is 0.392 e. The standard InChI is InChI=1S/C9H9N3O/c13-7-8-2-4-10-6-9(8)12-5-1-3-11-12/h1-6,13H,7H2. The van der Waals surface area contributed by atoms with Gasteiger partial charge < -0.3 is 5.11 Å². The molecule has 4 nitrogen and oxygen atoms in total.